The highest BCUT2D eigenvalue weighted by atomic mass is 16.5. The van der Waals surface area contributed by atoms with E-state index in [4.69, 9.17) is 4.74 Å². The third-order valence-corrected chi connectivity index (χ3v) is 3.64. The maximum absolute atomic E-state index is 5.48. The predicted octanol–water partition coefficient (Wildman–Crippen LogP) is 1.88. The summed E-state index contributed by atoms with van der Waals surface area (Å²) < 4.78 is 5.48. The minimum Gasteiger partial charge on any atom is -0.380 e. The molecule has 0 bridgehead atoms. The first-order valence-electron chi connectivity index (χ1n) is 6.62. The zero-order chi connectivity index (χ0) is 12.0. The van der Waals surface area contributed by atoms with Crippen molar-refractivity contribution in [1.82, 2.24) is 10.2 Å². The maximum atomic E-state index is 5.48. The van der Waals surface area contributed by atoms with Gasteiger partial charge in [-0.15, -0.1) is 0 Å². The van der Waals surface area contributed by atoms with E-state index in [1.54, 1.807) is 0 Å². The van der Waals surface area contributed by atoms with E-state index in [1.807, 2.05) is 0 Å². The Labute approximate surface area is 101 Å². The molecule has 3 nitrogen and oxygen atoms in total. The van der Waals surface area contributed by atoms with Crippen molar-refractivity contribution in [3.05, 3.63) is 0 Å². The van der Waals surface area contributed by atoms with Crippen molar-refractivity contribution in [2.75, 3.05) is 32.8 Å². The Hall–Kier alpha value is -0.120. The van der Waals surface area contributed by atoms with Gasteiger partial charge in [0.25, 0.3) is 0 Å². The third kappa shape index (κ3) is 4.81. The van der Waals surface area contributed by atoms with Gasteiger partial charge in [-0.05, 0) is 33.6 Å². The minimum atomic E-state index is 0.261. The van der Waals surface area contributed by atoms with E-state index >= 15 is 0 Å². The zero-order valence-electron chi connectivity index (χ0n) is 11.4. The third-order valence-electron chi connectivity index (χ3n) is 3.64. The summed E-state index contributed by atoms with van der Waals surface area (Å²) in [6.07, 6.45) is 2.34. The van der Waals surface area contributed by atoms with Gasteiger partial charge in [-0.1, -0.05) is 6.92 Å². The van der Waals surface area contributed by atoms with E-state index in [1.165, 1.54) is 19.4 Å². The summed E-state index contributed by atoms with van der Waals surface area (Å²) in [7, 11) is 0. The van der Waals surface area contributed by atoms with Crippen LogP contribution in [0.5, 0.6) is 0 Å². The maximum Gasteiger partial charge on any atom is 0.0593 e. The molecule has 0 aromatic carbocycles. The molecule has 1 heterocycles. The highest BCUT2D eigenvalue weighted by molar-refractivity contribution is 4.79. The molecule has 0 saturated carbocycles. The Kier molecular flexibility index (Phi) is 5.73. The molecule has 1 aliphatic rings. The second-order valence-corrected chi connectivity index (χ2v) is 5.47. The Bertz CT molecular complexity index is 186. The summed E-state index contributed by atoms with van der Waals surface area (Å²) in [5, 5.41) is 3.64. The quantitative estimate of drug-likeness (QED) is 0.777. The highest BCUT2D eigenvalue weighted by Crippen LogP contribution is 2.09. The van der Waals surface area contributed by atoms with Gasteiger partial charge >= 0.3 is 0 Å². The predicted molar refractivity (Wildman–Crippen MR) is 68.8 cm³/mol. The van der Waals surface area contributed by atoms with Crippen LogP contribution in [-0.2, 0) is 4.74 Å². The molecule has 0 aliphatic carbocycles. The summed E-state index contributed by atoms with van der Waals surface area (Å²) in [5.74, 6) is 0. The molecule has 1 aliphatic heterocycles. The SMILES string of the molecule is CCC(C)(C)NCC(C)N1CCCOCC1. The second kappa shape index (κ2) is 6.58. The smallest absolute Gasteiger partial charge is 0.0593 e. The normalized spacial score (nSPS) is 21.8. The molecular weight excluding hydrogens is 200 g/mol. The van der Waals surface area contributed by atoms with Crippen molar-refractivity contribution in [1.29, 1.82) is 0 Å². The second-order valence-electron chi connectivity index (χ2n) is 5.47. The molecule has 96 valence electrons. The fourth-order valence-electron chi connectivity index (χ4n) is 1.88. The summed E-state index contributed by atoms with van der Waals surface area (Å²) >= 11 is 0. The number of ether oxygens (including phenoxy) is 1. The monoisotopic (exact) mass is 228 g/mol. The van der Waals surface area contributed by atoms with Crippen LogP contribution in [0.4, 0.5) is 0 Å². The van der Waals surface area contributed by atoms with Crippen LogP contribution in [0.25, 0.3) is 0 Å². The lowest BCUT2D eigenvalue weighted by Gasteiger charge is -2.32. The van der Waals surface area contributed by atoms with Crippen molar-refractivity contribution >= 4 is 0 Å². The summed E-state index contributed by atoms with van der Waals surface area (Å²) in [6, 6.07) is 0.604. The van der Waals surface area contributed by atoms with Gasteiger partial charge in [0.05, 0.1) is 6.61 Å². The standard InChI is InChI=1S/C13H28N2O/c1-5-13(3,4)14-11-12(2)15-7-6-9-16-10-8-15/h12,14H,5-11H2,1-4H3. The highest BCUT2D eigenvalue weighted by Gasteiger charge is 2.19. The lowest BCUT2D eigenvalue weighted by atomic mass is 10.0. The van der Waals surface area contributed by atoms with Gasteiger partial charge in [0.15, 0.2) is 0 Å². The molecule has 1 fully saturated rings. The Balaban J connectivity index is 2.30. The number of hydrogen-bond donors (Lipinski definition) is 1. The van der Waals surface area contributed by atoms with E-state index in [-0.39, 0.29) is 5.54 Å². The van der Waals surface area contributed by atoms with Crippen molar-refractivity contribution < 1.29 is 4.74 Å². The minimum absolute atomic E-state index is 0.261. The van der Waals surface area contributed by atoms with Crippen molar-refractivity contribution in [3.63, 3.8) is 0 Å². The fraction of sp³-hybridized carbons (Fsp3) is 1.00. The van der Waals surface area contributed by atoms with Gasteiger partial charge in [0.2, 0.25) is 0 Å². The Morgan fingerprint density at radius 2 is 2.06 bits per heavy atom. The average molecular weight is 228 g/mol. The first kappa shape index (κ1) is 13.9. The van der Waals surface area contributed by atoms with Crippen LogP contribution in [0.1, 0.15) is 40.5 Å². The van der Waals surface area contributed by atoms with Crippen LogP contribution in [0, 0.1) is 0 Å². The number of hydrogen-bond acceptors (Lipinski definition) is 3. The molecule has 3 heteroatoms. The van der Waals surface area contributed by atoms with Gasteiger partial charge in [0, 0.05) is 37.8 Å². The van der Waals surface area contributed by atoms with Crippen LogP contribution >= 0.6 is 0 Å². The van der Waals surface area contributed by atoms with Gasteiger partial charge in [-0.2, -0.15) is 0 Å². The molecule has 1 N–H and O–H groups in total. The molecule has 0 spiro atoms. The molecule has 1 unspecified atom stereocenters. The average Bonchev–Trinajstić information content (AvgIpc) is 2.54. The molecule has 1 rings (SSSR count). The van der Waals surface area contributed by atoms with E-state index in [0.29, 0.717) is 6.04 Å². The van der Waals surface area contributed by atoms with E-state index in [9.17, 15) is 0 Å². The molecule has 16 heavy (non-hydrogen) atoms. The van der Waals surface area contributed by atoms with Crippen molar-refractivity contribution in [3.8, 4) is 0 Å². The topological polar surface area (TPSA) is 24.5 Å². The first-order chi connectivity index (χ1) is 7.55. The van der Waals surface area contributed by atoms with Crippen molar-refractivity contribution in [2.24, 2.45) is 0 Å². The van der Waals surface area contributed by atoms with E-state index in [2.05, 4.69) is 37.9 Å². The summed E-state index contributed by atoms with van der Waals surface area (Å²) in [5.41, 5.74) is 0.261. The number of nitrogens with one attached hydrogen (secondary N) is 1. The first-order valence-corrected chi connectivity index (χ1v) is 6.62. The molecule has 1 atom stereocenters. The van der Waals surface area contributed by atoms with Crippen LogP contribution in [0.3, 0.4) is 0 Å². The molecule has 0 aromatic heterocycles. The zero-order valence-corrected chi connectivity index (χ0v) is 11.4. The fourth-order valence-corrected chi connectivity index (χ4v) is 1.88. The van der Waals surface area contributed by atoms with Crippen LogP contribution in [-0.4, -0.2) is 49.3 Å². The Morgan fingerprint density at radius 3 is 2.75 bits per heavy atom. The molecule has 0 radical (unpaired) electrons. The van der Waals surface area contributed by atoms with Crippen LogP contribution < -0.4 is 5.32 Å². The van der Waals surface area contributed by atoms with E-state index in [0.717, 1.165) is 26.3 Å². The van der Waals surface area contributed by atoms with Crippen LogP contribution in [0.2, 0.25) is 0 Å². The molecule has 0 aromatic rings. The summed E-state index contributed by atoms with van der Waals surface area (Å²) in [6.45, 7) is 14.2. The Morgan fingerprint density at radius 1 is 1.31 bits per heavy atom. The largest absolute Gasteiger partial charge is 0.380 e. The molecule has 1 saturated heterocycles. The van der Waals surface area contributed by atoms with Crippen LogP contribution in [0.15, 0.2) is 0 Å². The molecular formula is C13H28N2O. The van der Waals surface area contributed by atoms with Gasteiger partial charge in [-0.3, -0.25) is 4.90 Å². The van der Waals surface area contributed by atoms with Gasteiger partial charge in [-0.25, -0.2) is 0 Å². The lowest BCUT2D eigenvalue weighted by molar-refractivity contribution is 0.132. The van der Waals surface area contributed by atoms with Gasteiger partial charge < -0.3 is 10.1 Å². The summed E-state index contributed by atoms with van der Waals surface area (Å²) in [4.78, 5) is 2.53. The number of rotatable bonds is 5. The number of nitrogens with zero attached hydrogens (tertiary/aromatic N) is 1. The van der Waals surface area contributed by atoms with Gasteiger partial charge in [0.1, 0.15) is 0 Å². The van der Waals surface area contributed by atoms with E-state index < -0.39 is 0 Å². The molecule has 0 amide bonds. The van der Waals surface area contributed by atoms with Crippen molar-refractivity contribution in [2.45, 2.75) is 52.1 Å². The lowest BCUT2D eigenvalue weighted by Crippen LogP contribution is -2.48.